The molecule has 1 fully saturated rings. The molecule has 30 heavy (non-hydrogen) atoms. The largest absolute Gasteiger partial charge is 0.374 e. The Kier molecular flexibility index (Phi) is 7.69. The van der Waals surface area contributed by atoms with Crippen molar-refractivity contribution < 1.29 is 13.2 Å². The summed E-state index contributed by atoms with van der Waals surface area (Å²) in [7, 11) is -3.66. The van der Waals surface area contributed by atoms with E-state index in [1.807, 2.05) is 25.1 Å². The van der Waals surface area contributed by atoms with E-state index in [2.05, 4.69) is 29.0 Å². The summed E-state index contributed by atoms with van der Waals surface area (Å²) in [6.07, 6.45) is 1.51. The molecule has 8 heteroatoms. The first-order valence-electron chi connectivity index (χ1n) is 10.5. The van der Waals surface area contributed by atoms with Crippen LogP contribution in [-0.2, 0) is 14.8 Å². The number of hydrogen-bond acceptors (Lipinski definition) is 6. The molecule has 0 unspecified atom stereocenters. The highest BCUT2D eigenvalue weighted by molar-refractivity contribution is 7.92. The summed E-state index contributed by atoms with van der Waals surface area (Å²) in [5.74, 6) is 1.27. The fourth-order valence-corrected chi connectivity index (χ4v) is 5.07. The molecule has 1 aliphatic heterocycles. The number of pyridine rings is 1. The van der Waals surface area contributed by atoms with Crippen molar-refractivity contribution in [1.82, 2.24) is 9.88 Å². The van der Waals surface area contributed by atoms with E-state index in [0.717, 1.165) is 26.2 Å². The Morgan fingerprint density at radius 1 is 1.23 bits per heavy atom. The van der Waals surface area contributed by atoms with Crippen molar-refractivity contribution in [2.45, 2.75) is 31.8 Å². The number of morpholine rings is 1. The summed E-state index contributed by atoms with van der Waals surface area (Å²) in [6.45, 7) is 10.9. The number of ether oxygens (including phenoxy) is 1. The molecule has 1 atom stereocenters. The molecule has 0 spiro atoms. The van der Waals surface area contributed by atoms with Gasteiger partial charge in [0.15, 0.2) is 0 Å². The molecule has 0 amide bonds. The summed E-state index contributed by atoms with van der Waals surface area (Å²) < 4.78 is 33.3. The Hall–Kier alpha value is -2.16. The van der Waals surface area contributed by atoms with E-state index in [1.165, 1.54) is 10.5 Å². The second kappa shape index (κ2) is 10.2. The van der Waals surface area contributed by atoms with Crippen molar-refractivity contribution in [3.63, 3.8) is 0 Å². The third kappa shape index (κ3) is 5.71. The fourth-order valence-electron chi connectivity index (χ4n) is 3.65. The van der Waals surface area contributed by atoms with Gasteiger partial charge in [0.05, 0.1) is 18.4 Å². The number of nitrogens with zero attached hydrogens (tertiary/aromatic N) is 3. The van der Waals surface area contributed by atoms with Crippen LogP contribution in [0.4, 0.5) is 11.5 Å². The monoisotopic (exact) mass is 432 g/mol. The molecular formula is C22H32N4O3S. The highest BCUT2D eigenvalue weighted by Gasteiger charge is 2.24. The zero-order valence-corrected chi connectivity index (χ0v) is 18.8. The van der Waals surface area contributed by atoms with Crippen molar-refractivity contribution in [2.75, 3.05) is 49.0 Å². The van der Waals surface area contributed by atoms with Crippen LogP contribution in [0.5, 0.6) is 0 Å². The van der Waals surface area contributed by atoms with Gasteiger partial charge in [-0.2, -0.15) is 0 Å². The maximum atomic E-state index is 13.0. The first-order chi connectivity index (χ1) is 14.4. The predicted molar refractivity (Wildman–Crippen MR) is 120 cm³/mol. The van der Waals surface area contributed by atoms with E-state index in [4.69, 9.17) is 4.74 Å². The van der Waals surface area contributed by atoms with E-state index < -0.39 is 10.0 Å². The van der Waals surface area contributed by atoms with Gasteiger partial charge in [-0.15, -0.1) is 0 Å². The Morgan fingerprint density at radius 2 is 2.00 bits per heavy atom. The molecule has 3 rings (SSSR count). The maximum Gasteiger partial charge on any atom is 0.265 e. The molecule has 1 N–H and O–H groups in total. The summed E-state index contributed by atoms with van der Waals surface area (Å²) in [6, 6.07) is 12.4. The lowest BCUT2D eigenvalue weighted by Crippen LogP contribution is -2.46. The normalized spacial score (nSPS) is 17.8. The van der Waals surface area contributed by atoms with Gasteiger partial charge in [-0.1, -0.05) is 32.0 Å². The van der Waals surface area contributed by atoms with Crippen LogP contribution in [0.15, 0.2) is 53.6 Å². The molecule has 0 aliphatic carbocycles. The van der Waals surface area contributed by atoms with Crippen LogP contribution >= 0.6 is 0 Å². The average Bonchev–Trinajstić information content (AvgIpc) is 2.73. The van der Waals surface area contributed by atoms with Gasteiger partial charge in [-0.3, -0.25) is 9.21 Å². The molecule has 1 aliphatic rings. The summed E-state index contributed by atoms with van der Waals surface area (Å²) in [4.78, 5) is 6.92. The van der Waals surface area contributed by atoms with Gasteiger partial charge in [0.25, 0.3) is 10.0 Å². The van der Waals surface area contributed by atoms with Gasteiger partial charge < -0.3 is 10.1 Å². The first-order valence-corrected chi connectivity index (χ1v) is 12.0. The highest BCUT2D eigenvalue weighted by atomic mass is 32.2. The number of rotatable bonds is 9. The lowest BCUT2D eigenvalue weighted by Gasteiger charge is -2.34. The third-order valence-electron chi connectivity index (χ3n) is 5.01. The zero-order valence-electron chi connectivity index (χ0n) is 18.0. The minimum Gasteiger partial charge on any atom is -0.374 e. The second-order valence-corrected chi connectivity index (χ2v) is 9.77. The minimum absolute atomic E-state index is 0.0939. The van der Waals surface area contributed by atoms with Crippen molar-refractivity contribution >= 4 is 21.5 Å². The van der Waals surface area contributed by atoms with Crippen LogP contribution in [0.2, 0.25) is 0 Å². The van der Waals surface area contributed by atoms with E-state index in [9.17, 15) is 8.42 Å². The number of anilines is 2. The molecule has 2 heterocycles. The quantitative estimate of drug-likeness (QED) is 0.656. The lowest BCUT2D eigenvalue weighted by atomic mass is 10.2. The SMILES string of the molecule is CCN(c1ccccc1)S(=O)(=O)c1ccc(NC[C@@H]2CN(CC(C)C)CCO2)nc1. The highest BCUT2D eigenvalue weighted by Crippen LogP contribution is 2.23. The molecule has 7 nitrogen and oxygen atoms in total. The molecule has 164 valence electrons. The molecule has 0 radical (unpaired) electrons. The van der Waals surface area contributed by atoms with Crippen LogP contribution in [0.1, 0.15) is 20.8 Å². The number of nitrogens with one attached hydrogen (secondary N) is 1. The average molecular weight is 433 g/mol. The number of hydrogen-bond donors (Lipinski definition) is 1. The van der Waals surface area contributed by atoms with Gasteiger partial charge in [0.2, 0.25) is 0 Å². The van der Waals surface area contributed by atoms with Gasteiger partial charge in [-0.25, -0.2) is 13.4 Å². The van der Waals surface area contributed by atoms with Crippen LogP contribution < -0.4 is 9.62 Å². The zero-order chi connectivity index (χ0) is 21.6. The molecule has 1 saturated heterocycles. The Bertz CT molecular complexity index is 888. The number of para-hydroxylation sites is 1. The summed E-state index contributed by atoms with van der Waals surface area (Å²) in [5, 5.41) is 3.27. The van der Waals surface area contributed by atoms with Crippen molar-refractivity contribution in [3.05, 3.63) is 48.7 Å². The van der Waals surface area contributed by atoms with Crippen molar-refractivity contribution in [2.24, 2.45) is 5.92 Å². The van der Waals surface area contributed by atoms with E-state index in [1.54, 1.807) is 24.3 Å². The van der Waals surface area contributed by atoms with E-state index >= 15 is 0 Å². The second-order valence-electron chi connectivity index (χ2n) is 7.91. The fraction of sp³-hybridized carbons (Fsp3) is 0.500. The standard InChI is InChI=1S/C22H32N4O3S/c1-4-26(19-8-6-5-7-9-19)30(27,28)21-10-11-22(24-15-21)23-14-20-17-25(12-13-29-20)16-18(2)3/h5-11,15,18,20H,4,12-14,16-17H2,1-3H3,(H,23,24)/t20-/m1/s1. The first kappa shape index (κ1) is 22.5. The Balaban J connectivity index is 1.62. The summed E-state index contributed by atoms with van der Waals surface area (Å²) in [5.41, 5.74) is 0.641. The molecule has 1 aromatic carbocycles. The summed E-state index contributed by atoms with van der Waals surface area (Å²) >= 11 is 0. The molecule has 0 bridgehead atoms. The van der Waals surface area contributed by atoms with E-state index in [0.29, 0.717) is 30.5 Å². The Morgan fingerprint density at radius 3 is 2.63 bits per heavy atom. The maximum absolute atomic E-state index is 13.0. The third-order valence-corrected chi connectivity index (χ3v) is 6.90. The van der Waals surface area contributed by atoms with Crippen molar-refractivity contribution in [1.29, 1.82) is 0 Å². The van der Waals surface area contributed by atoms with Gasteiger partial charge >= 0.3 is 0 Å². The minimum atomic E-state index is -3.66. The van der Waals surface area contributed by atoms with Crippen LogP contribution in [0.3, 0.4) is 0 Å². The molecule has 2 aromatic rings. The van der Waals surface area contributed by atoms with E-state index in [-0.39, 0.29) is 11.0 Å². The number of sulfonamides is 1. The lowest BCUT2D eigenvalue weighted by molar-refractivity contribution is -0.0244. The number of aromatic nitrogens is 1. The molecular weight excluding hydrogens is 400 g/mol. The molecule has 0 saturated carbocycles. The smallest absolute Gasteiger partial charge is 0.265 e. The number of benzene rings is 1. The van der Waals surface area contributed by atoms with Crippen LogP contribution in [-0.4, -0.2) is 63.7 Å². The van der Waals surface area contributed by atoms with Gasteiger partial charge in [0, 0.05) is 38.9 Å². The van der Waals surface area contributed by atoms with Crippen LogP contribution in [0, 0.1) is 5.92 Å². The van der Waals surface area contributed by atoms with Gasteiger partial charge in [-0.05, 0) is 37.1 Å². The Labute approximate surface area is 180 Å². The van der Waals surface area contributed by atoms with Gasteiger partial charge in [0.1, 0.15) is 10.7 Å². The van der Waals surface area contributed by atoms with Crippen LogP contribution in [0.25, 0.3) is 0 Å². The van der Waals surface area contributed by atoms with Crippen molar-refractivity contribution in [3.8, 4) is 0 Å². The topological polar surface area (TPSA) is 74.8 Å². The predicted octanol–water partition coefficient (Wildman–Crippen LogP) is 3.07. The molecule has 1 aromatic heterocycles.